The van der Waals surface area contributed by atoms with E-state index in [-0.39, 0.29) is 9.65 Å². The monoisotopic (exact) mass is 534 g/mol. The number of carbonyl (C=O) groups is 2. The van der Waals surface area contributed by atoms with Gasteiger partial charge in [-0.1, -0.05) is 88.0 Å². The molecule has 0 bridgehead atoms. The molecule has 0 aromatic heterocycles. The van der Waals surface area contributed by atoms with Crippen molar-refractivity contribution in [3.8, 4) is 0 Å². The molecule has 4 atom stereocenters. The minimum atomic E-state index is -0.958. The molecular formula is C12H10Br4O4. The molecule has 0 aliphatic heterocycles. The average molecular weight is 538 g/mol. The SMILES string of the molecule is O=C(O)C(Br)C(Br)c1ccc(C(Br)C(Br)C(=O)O)cc1. The molecule has 1 aromatic rings. The lowest BCUT2D eigenvalue weighted by atomic mass is 10.0. The van der Waals surface area contributed by atoms with Crippen LogP contribution >= 0.6 is 63.7 Å². The maximum Gasteiger partial charge on any atom is 0.318 e. The zero-order valence-electron chi connectivity index (χ0n) is 9.84. The summed E-state index contributed by atoms with van der Waals surface area (Å²) in [6, 6.07) is 7.06. The Morgan fingerprint density at radius 3 is 1.20 bits per heavy atom. The van der Waals surface area contributed by atoms with Crippen LogP contribution in [0, 0.1) is 0 Å². The van der Waals surface area contributed by atoms with E-state index >= 15 is 0 Å². The third-order valence-corrected chi connectivity index (χ3v) is 7.93. The highest BCUT2D eigenvalue weighted by Crippen LogP contribution is 2.35. The highest BCUT2D eigenvalue weighted by atomic mass is 79.9. The van der Waals surface area contributed by atoms with Crippen LogP contribution in [0.25, 0.3) is 0 Å². The molecule has 4 nitrogen and oxygen atoms in total. The quantitative estimate of drug-likeness (QED) is 0.532. The van der Waals surface area contributed by atoms with Crippen LogP contribution in [0.1, 0.15) is 20.8 Å². The highest BCUT2D eigenvalue weighted by molar-refractivity contribution is 9.12. The molecule has 0 spiro atoms. The molecule has 0 saturated heterocycles. The lowest BCUT2D eigenvalue weighted by Gasteiger charge is -2.16. The van der Waals surface area contributed by atoms with Crippen LogP contribution < -0.4 is 0 Å². The minimum Gasteiger partial charge on any atom is -0.480 e. The molecule has 0 saturated carbocycles. The van der Waals surface area contributed by atoms with Crippen molar-refractivity contribution in [1.82, 2.24) is 0 Å². The van der Waals surface area contributed by atoms with E-state index < -0.39 is 21.6 Å². The second-order valence-corrected chi connectivity index (χ2v) is 7.90. The number of aliphatic carboxylic acids is 2. The summed E-state index contributed by atoms with van der Waals surface area (Å²) in [4.78, 5) is 19.6. The number of hydrogen-bond donors (Lipinski definition) is 2. The van der Waals surface area contributed by atoms with Crippen molar-refractivity contribution in [2.45, 2.75) is 19.3 Å². The summed E-state index contributed by atoms with van der Waals surface area (Å²) in [6.07, 6.45) is 0. The van der Waals surface area contributed by atoms with Gasteiger partial charge in [-0.3, -0.25) is 9.59 Å². The highest BCUT2D eigenvalue weighted by Gasteiger charge is 2.26. The van der Waals surface area contributed by atoms with Gasteiger partial charge in [-0.2, -0.15) is 0 Å². The van der Waals surface area contributed by atoms with Gasteiger partial charge < -0.3 is 10.2 Å². The van der Waals surface area contributed by atoms with Crippen molar-refractivity contribution >= 4 is 75.7 Å². The third kappa shape index (κ3) is 4.54. The summed E-state index contributed by atoms with van der Waals surface area (Å²) in [7, 11) is 0. The van der Waals surface area contributed by atoms with Gasteiger partial charge in [0.15, 0.2) is 0 Å². The molecule has 2 N–H and O–H groups in total. The van der Waals surface area contributed by atoms with E-state index in [9.17, 15) is 9.59 Å². The smallest absolute Gasteiger partial charge is 0.318 e. The number of carboxylic acid groups (broad SMARTS) is 2. The molecule has 0 radical (unpaired) electrons. The van der Waals surface area contributed by atoms with E-state index in [0.717, 1.165) is 11.1 Å². The van der Waals surface area contributed by atoms with Crippen molar-refractivity contribution in [2.75, 3.05) is 0 Å². The fraction of sp³-hybridized carbons (Fsp3) is 0.333. The Balaban J connectivity index is 2.89. The molecule has 1 aromatic carbocycles. The predicted molar refractivity (Wildman–Crippen MR) is 90.5 cm³/mol. The van der Waals surface area contributed by atoms with Crippen LogP contribution in [0.5, 0.6) is 0 Å². The van der Waals surface area contributed by atoms with Crippen LogP contribution in [0.2, 0.25) is 0 Å². The molecule has 0 heterocycles. The van der Waals surface area contributed by atoms with Crippen LogP contribution in [0.4, 0.5) is 0 Å². The van der Waals surface area contributed by atoms with Gasteiger partial charge in [-0.15, -0.1) is 0 Å². The largest absolute Gasteiger partial charge is 0.480 e. The molecule has 1 rings (SSSR count). The van der Waals surface area contributed by atoms with Crippen LogP contribution in [0.3, 0.4) is 0 Å². The Morgan fingerprint density at radius 2 is 1.00 bits per heavy atom. The Bertz CT molecular complexity index is 446. The Labute approximate surface area is 149 Å². The van der Waals surface area contributed by atoms with Crippen molar-refractivity contribution in [3.63, 3.8) is 0 Å². The molecule has 20 heavy (non-hydrogen) atoms. The van der Waals surface area contributed by atoms with Crippen LogP contribution in [-0.2, 0) is 9.59 Å². The number of hydrogen-bond acceptors (Lipinski definition) is 2. The molecular weight excluding hydrogens is 528 g/mol. The second kappa shape index (κ2) is 7.91. The molecule has 4 unspecified atom stereocenters. The summed E-state index contributed by atoms with van der Waals surface area (Å²) >= 11 is 12.8. The summed E-state index contributed by atoms with van der Waals surface area (Å²) in [6.45, 7) is 0. The number of rotatable bonds is 6. The lowest BCUT2D eigenvalue weighted by molar-refractivity contribution is -0.137. The zero-order chi connectivity index (χ0) is 15.4. The van der Waals surface area contributed by atoms with E-state index in [1.54, 1.807) is 24.3 Å². The lowest BCUT2D eigenvalue weighted by Crippen LogP contribution is -2.19. The third-order valence-electron chi connectivity index (χ3n) is 2.56. The maximum atomic E-state index is 10.9. The molecule has 110 valence electrons. The average Bonchev–Trinajstić information content (AvgIpc) is 2.44. The zero-order valence-corrected chi connectivity index (χ0v) is 16.2. The van der Waals surface area contributed by atoms with Crippen LogP contribution in [0.15, 0.2) is 24.3 Å². The van der Waals surface area contributed by atoms with Crippen molar-refractivity contribution in [3.05, 3.63) is 35.4 Å². The summed E-state index contributed by atoms with van der Waals surface area (Å²) in [5.41, 5.74) is 1.58. The molecule has 0 aliphatic rings. The molecule has 0 fully saturated rings. The predicted octanol–water partition coefficient (Wildman–Crippen LogP) is 4.25. The summed E-state index contributed by atoms with van der Waals surface area (Å²) < 4.78 is 0. The van der Waals surface area contributed by atoms with Gasteiger partial charge in [0.25, 0.3) is 0 Å². The standard InChI is InChI=1S/C12H10Br4O4/c13-7(9(15)11(17)18)5-1-2-6(4-3-5)8(14)10(16)12(19)20/h1-4,7-10H,(H,17,18)(H,19,20). The fourth-order valence-corrected chi connectivity index (χ4v) is 3.13. The van der Waals surface area contributed by atoms with Gasteiger partial charge in [-0.05, 0) is 11.1 Å². The van der Waals surface area contributed by atoms with Crippen molar-refractivity contribution in [1.29, 1.82) is 0 Å². The first-order valence-corrected chi connectivity index (χ1v) is 9.03. The van der Waals surface area contributed by atoms with E-state index in [2.05, 4.69) is 63.7 Å². The second-order valence-electron chi connectivity index (χ2n) is 3.95. The van der Waals surface area contributed by atoms with Crippen molar-refractivity contribution in [2.24, 2.45) is 0 Å². The van der Waals surface area contributed by atoms with E-state index in [0.29, 0.717) is 0 Å². The Hall–Kier alpha value is 0.0800. The molecule has 0 amide bonds. The Morgan fingerprint density at radius 1 is 0.750 bits per heavy atom. The topological polar surface area (TPSA) is 74.6 Å². The van der Waals surface area contributed by atoms with E-state index in [1.807, 2.05) is 0 Å². The minimum absolute atomic E-state index is 0.373. The van der Waals surface area contributed by atoms with E-state index in [4.69, 9.17) is 10.2 Å². The first-order valence-electron chi connectivity index (χ1n) is 5.37. The molecule has 8 heteroatoms. The number of halogens is 4. The van der Waals surface area contributed by atoms with Gasteiger partial charge in [-0.25, -0.2) is 0 Å². The van der Waals surface area contributed by atoms with Gasteiger partial charge in [0.1, 0.15) is 9.65 Å². The summed E-state index contributed by atoms with van der Waals surface area (Å²) in [5, 5.41) is 17.9. The molecule has 0 aliphatic carbocycles. The van der Waals surface area contributed by atoms with Gasteiger partial charge in [0, 0.05) is 0 Å². The number of alkyl halides is 4. The van der Waals surface area contributed by atoms with Gasteiger partial charge in [0.05, 0.1) is 9.65 Å². The number of benzene rings is 1. The van der Waals surface area contributed by atoms with E-state index in [1.165, 1.54) is 0 Å². The summed E-state index contributed by atoms with van der Waals surface area (Å²) in [5.74, 6) is -1.92. The number of carboxylic acids is 2. The first kappa shape index (κ1) is 18.1. The van der Waals surface area contributed by atoms with Gasteiger partial charge >= 0.3 is 11.9 Å². The fourth-order valence-electron chi connectivity index (χ4n) is 1.45. The Kier molecular flexibility index (Phi) is 7.17. The van der Waals surface area contributed by atoms with Gasteiger partial charge in [0.2, 0.25) is 0 Å². The van der Waals surface area contributed by atoms with Crippen LogP contribution in [-0.4, -0.2) is 31.8 Å². The first-order chi connectivity index (χ1) is 9.25. The normalized spacial score (nSPS) is 17.0. The maximum absolute atomic E-state index is 10.9. The van der Waals surface area contributed by atoms with Crippen molar-refractivity contribution < 1.29 is 19.8 Å².